The van der Waals surface area contributed by atoms with Gasteiger partial charge in [0.2, 0.25) is 5.91 Å². The number of hydrogen-bond donors (Lipinski definition) is 1. The Hall–Kier alpha value is -1.35. The number of aliphatic hydroxyl groups is 1. The normalized spacial score (nSPS) is 27.6. The van der Waals surface area contributed by atoms with E-state index in [0.717, 1.165) is 50.8 Å². The van der Waals surface area contributed by atoms with Crippen molar-refractivity contribution >= 4 is 11.6 Å². The lowest BCUT2D eigenvalue weighted by Gasteiger charge is -2.28. The molecule has 0 atom stereocenters. The Kier molecular flexibility index (Phi) is 4.06. The quantitative estimate of drug-likeness (QED) is 0.898. The van der Waals surface area contributed by atoms with Gasteiger partial charge in [0.15, 0.2) is 0 Å². The highest BCUT2D eigenvalue weighted by atomic mass is 16.3. The van der Waals surface area contributed by atoms with E-state index in [-0.39, 0.29) is 12.0 Å². The summed E-state index contributed by atoms with van der Waals surface area (Å²) in [4.78, 5) is 13.8. The van der Waals surface area contributed by atoms with Crippen molar-refractivity contribution in [3.8, 4) is 0 Å². The Labute approximate surface area is 120 Å². The highest BCUT2D eigenvalue weighted by Crippen LogP contribution is 2.33. The Morgan fingerprint density at radius 3 is 2.35 bits per heavy atom. The first kappa shape index (κ1) is 13.6. The van der Waals surface area contributed by atoms with Crippen molar-refractivity contribution in [2.45, 2.75) is 57.0 Å². The lowest BCUT2D eigenvalue weighted by atomic mass is 9.83. The fourth-order valence-electron chi connectivity index (χ4n) is 3.41. The molecule has 1 aliphatic carbocycles. The van der Waals surface area contributed by atoms with E-state index in [1.54, 1.807) is 0 Å². The second-order valence-corrected chi connectivity index (χ2v) is 6.10. The molecule has 1 N–H and O–H groups in total. The van der Waals surface area contributed by atoms with E-state index in [9.17, 15) is 9.90 Å². The third kappa shape index (κ3) is 2.88. The van der Waals surface area contributed by atoms with Crippen LogP contribution < -0.4 is 4.90 Å². The van der Waals surface area contributed by atoms with E-state index in [1.165, 1.54) is 5.56 Å². The van der Waals surface area contributed by atoms with Crippen molar-refractivity contribution in [1.29, 1.82) is 0 Å². The predicted molar refractivity (Wildman–Crippen MR) is 79.9 cm³/mol. The number of aliphatic hydroxyl groups excluding tert-OH is 1. The van der Waals surface area contributed by atoms with Gasteiger partial charge in [-0.2, -0.15) is 0 Å². The third-order valence-corrected chi connectivity index (χ3v) is 4.70. The van der Waals surface area contributed by atoms with E-state index in [0.29, 0.717) is 12.3 Å². The first-order valence-corrected chi connectivity index (χ1v) is 7.82. The number of carbonyl (C=O) groups excluding carboxylic acids is 1. The first-order chi connectivity index (χ1) is 9.74. The van der Waals surface area contributed by atoms with Crippen LogP contribution >= 0.6 is 0 Å². The van der Waals surface area contributed by atoms with Gasteiger partial charge >= 0.3 is 0 Å². The molecule has 1 aromatic rings. The Balaban J connectivity index is 1.69. The third-order valence-electron chi connectivity index (χ3n) is 4.70. The number of rotatable bonds is 2. The van der Waals surface area contributed by atoms with Crippen LogP contribution in [0.25, 0.3) is 0 Å². The fraction of sp³-hybridized carbons (Fsp3) is 0.588. The first-order valence-electron chi connectivity index (χ1n) is 7.82. The molecule has 0 radical (unpaired) electrons. The van der Waals surface area contributed by atoms with E-state index < -0.39 is 0 Å². The molecule has 1 aliphatic heterocycles. The minimum absolute atomic E-state index is 0.100. The molecule has 0 spiro atoms. The number of anilines is 1. The van der Waals surface area contributed by atoms with Gasteiger partial charge in [-0.15, -0.1) is 0 Å². The molecule has 3 heteroatoms. The number of amides is 1. The summed E-state index contributed by atoms with van der Waals surface area (Å²) in [6, 6.07) is 8.51. The van der Waals surface area contributed by atoms with Crippen molar-refractivity contribution in [2.75, 3.05) is 11.4 Å². The number of piperidine rings is 1. The standard InChI is InChI=1S/C17H23NO2/c19-16-10-6-14(7-11-16)13-4-8-15(9-5-13)18-12-2-1-3-17(18)20/h4-5,8-9,14,16,19H,1-3,6-7,10-12H2/t14-,16-. The van der Waals surface area contributed by atoms with Crippen molar-refractivity contribution < 1.29 is 9.90 Å². The number of nitrogens with zero attached hydrogens (tertiary/aromatic N) is 1. The minimum Gasteiger partial charge on any atom is -0.393 e. The lowest BCUT2D eigenvalue weighted by molar-refractivity contribution is -0.119. The lowest BCUT2D eigenvalue weighted by Crippen LogP contribution is -2.35. The van der Waals surface area contributed by atoms with Crippen LogP contribution in [-0.2, 0) is 4.79 Å². The Bertz CT molecular complexity index is 460. The van der Waals surface area contributed by atoms with Crippen LogP contribution in [0.4, 0.5) is 5.69 Å². The summed E-state index contributed by atoms with van der Waals surface area (Å²) >= 11 is 0. The van der Waals surface area contributed by atoms with E-state index >= 15 is 0 Å². The minimum atomic E-state index is -0.100. The molecular formula is C17H23NO2. The van der Waals surface area contributed by atoms with Crippen LogP contribution in [0.2, 0.25) is 0 Å². The van der Waals surface area contributed by atoms with Gasteiger partial charge in [0.05, 0.1) is 6.10 Å². The number of carbonyl (C=O) groups is 1. The maximum absolute atomic E-state index is 11.9. The maximum Gasteiger partial charge on any atom is 0.226 e. The van der Waals surface area contributed by atoms with Crippen LogP contribution in [0.5, 0.6) is 0 Å². The number of benzene rings is 1. The van der Waals surface area contributed by atoms with Gasteiger partial charge in [-0.05, 0) is 62.1 Å². The van der Waals surface area contributed by atoms with Crippen molar-refractivity contribution in [1.82, 2.24) is 0 Å². The largest absolute Gasteiger partial charge is 0.393 e. The summed E-state index contributed by atoms with van der Waals surface area (Å²) in [5, 5.41) is 9.57. The van der Waals surface area contributed by atoms with Crippen molar-refractivity contribution in [2.24, 2.45) is 0 Å². The van der Waals surface area contributed by atoms with E-state index in [1.807, 2.05) is 4.90 Å². The van der Waals surface area contributed by atoms with Crippen molar-refractivity contribution in [3.63, 3.8) is 0 Å². The van der Waals surface area contributed by atoms with Gasteiger partial charge in [-0.25, -0.2) is 0 Å². The smallest absolute Gasteiger partial charge is 0.226 e. The highest BCUT2D eigenvalue weighted by molar-refractivity contribution is 5.93. The Morgan fingerprint density at radius 2 is 1.70 bits per heavy atom. The summed E-state index contributed by atoms with van der Waals surface area (Å²) in [6.07, 6.45) is 6.69. The van der Waals surface area contributed by atoms with Gasteiger partial charge in [0.1, 0.15) is 0 Å². The van der Waals surface area contributed by atoms with Gasteiger partial charge in [0, 0.05) is 18.7 Å². The van der Waals surface area contributed by atoms with E-state index in [2.05, 4.69) is 24.3 Å². The Morgan fingerprint density at radius 1 is 1.00 bits per heavy atom. The molecule has 3 rings (SSSR count). The molecule has 2 aliphatic rings. The SMILES string of the molecule is O=C1CCCCN1c1ccc([C@H]2CC[C@H](O)CC2)cc1. The van der Waals surface area contributed by atoms with E-state index in [4.69, 9.17) is 0 Å². The van der Waals surface area contributed by atoms with Gasteiger partial charge in [-0.1, -0.05) is 12.1 Å². The molecule has 1 aromatic carbocycles. The summed E-state index contributed by atoms with van der Waals surface area (Å²) < 4.78 is 0. The molecule has 1 heterocycles. The van der Waals surface area contributed by atoms with Crippen LogP contribution in [0, 0.1) is 0 Å². The second kappa shape index (κ2) is 5.96. The van der Waals surface area contributed by atoms with Gasteiger partial charge < -0.3 is 10.0 Å². The average Bonchev–Trinajstić information content (AvgIpc) is 2.49. The monoisotopic (exact) mass is 273 g/mol. The van der Waals surface area contributed by atoms with Crippen molar-refractivity contribution in [3.05, 3.63) is 29.8 Å². The molecule has 20 heavy (non-hydrogen) atoms. The zero-order chi connectivity index (χ0) is 13.9. The highest BCUT2D eigenvalue weighted by Gasteiger charge is 2.22. The molecule has 2 fully saturated rings. The fourth-order valence-corrected chi connectivity index (χ4v) is 3.41. The molecule has 0 aromatic heterocycles. The number of hydrogen-bond acceptors (Lipinski definition) is 2. The molecule has 1 saturated carbocycles. The molecular weight excluding hydrogens is 250 g/mol. The summed E-state index contributed by atoms with van der Waals surface area (Å²) in [5.74, 6) is 0.828. The van der Waals surface area contributed by atoms with Gasteiger partial charge in [0.25, 0.3) is 0 Å². The molecule has 108 valence electrons. The molecule has 3 nitrogen and oxygen atoms in total. The van der Waals surface area contributed by atoms with Gasteiger partial charge in [-0.3, -0.25) is 4.79 Å². The maximum atomic E-state index is 11.9. The zero-order valence-corrected chi connectivity index (χ0v) is 11.9. The van der Waals surface area contributed by atoms with Crippen LogP contribution in [0.3, 0.4) is 0 Å². The average molecular weight is 273 g/mol. The molecule has 1 saturated heterocycles. The zero-order valence-electron chi connectivity index (χ0n) is 11.9. The predicted octanol–water partition coefficient (Wildman–Crippen LogP) is 3.22. The molecule has 0 bridgehead atoms. The molecule has 1 amide bonds. The summed E-state index contributed by atoms with van der Waals surface area (Å²) in [7, 11) is 0. The van der Waals surface area contributed by atoms with Crippen LogP contribution in [-0.4, -0.2) is 23.7 Å². The van der Waals surface area contributed by atoms with Crippen LogP contribution in [0.15, 0.2) is 24.3 Å². The second-order valence-electron chi connectivity index (χ2n) is 6.10. The van der Waals surface area contributed by atoms with Crippen LogP contribution in [0.1, 0.15) is 56.4 Å². The summed E-state index contributed by atoms with van der Waals surface area (Å²) in [6.45, 7) is 0.855. The topological polar surface area (TPSA) is 40.5 Å². The molecule has 0 unspecified atom stereocenters. The summed E-state index contributed by atoms with van der Waals surface area (Å²) in [5.41, 5.74) is 2.39.